The van der Waals surface area contributed by atoms with Crippen LogP contribution in [-0.2, 0) is 0 Å². The molecule has 3 rings (SSSR count). The molecule has 29 heavy (non-hydrogen) atoms. The minimum atomic E-state index is -0.291. The van der Waals surface area contributed by atoms with Crippen LogP contribution in [0.5, 0.6) is 17.2 Å². The van der Waals surface area contributed by atoms with Crippen LogP contribution in [0.15, 0.2) is 78.2 Å². The van der Waals surface area contributed by atoms with Crippen molar-refractivity contribution < 1.29 is 19.0 Å². The van der Waals surface area contributed by atoms with E-state index in [0.29, 0.717) is 18.8 Å². The van der Waals surface area contributed by atoms with Crippen molar-refractivity contribution in [3.05, 3.63) is 84.2 Å². The van der Waals surface area contributed by atoms with Gasteiger partial charge in [0.2, 0.25) is 0 Å². The Labute approximate surface area is 169 Å². The SMILES string of the molecule is COc1ccc(OCCOc2ccc(/C=N/NC(=O)c3ccncc3)cc2)cc1. The summed E-state index contributed by atoms with van der Waals surface area (Å²) in [6.07, 6.45) is 4.68. The molecule has 0 aliphatic heterocycles. The van der Waals surface area contributed by atoms with Crippen LogP contribution in [0.2, 0.25) is 0 Å². The smallest absolute Gasteiger partial charge is 0.271 e. The number of amides is 1. The van der Waals surface area contributed by atoms with E-state index in [0.717, 1.165) is 22.8 Å². The topological polar surface area (TPSA) is 82.0 Å². The summed E-state index contributed by atoms with van der Waals surface area (Å²) in [6, 6.07) is 18.0. The van der Waals surface area contributed by atoms with Gasteiger partial charge in [-0.2, -0.15) is 5.10 Å². The summed E-state index contributed by atoms with van der Waals surface area (Å²) in [5, 5.41) is 3.95. The van der Waals surface area contributed by atoms with E-state index in [1.165, 1.54) is 0 Å². The molecule has 1 heterocycles. The molecule has 0 aliphatic rings. The van der Waals surface area contributed by atoms with Crippen LogP contribution in [0.4, 0.5) is 0 Å². The lowest BCUT2D eigenvalue weighted by atomic mass is 10.2. The van der Waals surface area contributed by atoms with Crippen molar-refractivity contribution in [2.75, 3.05) is 20.3 Å². The minimum absolute atomic E-state index is 0.291. The molecule has 148 valence electrons. The van der Waals surface area contributed by atoms with Crippen LogP contribution >= 0.6 is 0 Å². The number of methoxy groups -OCH3 is 1. The second-order valence-corrected chi connectivity index (χ2v) is 5.88. The quantitative estimate of drug-likeness (QED) is 0.344. The molecule has 0 unspecified atom stereocenters. The number of aromatic nitrogens is 1. The summed E-state index contributed by atoms with van der Waals surface area (Å²) < 4.78 is 16.4. The maximum atomic E-state index is 11.9. The van der Waals surface area contributed by atoms with Gasteiger partial charge in [0, 0.05) is 18.0 Å². The van der Waals surface area contributed by atoms with Gasteiger partial charge >= 0.3 is 0 Å². The van der Waals surface area contributed by atoms with Crippen LogP contribution in [-0.4, -0.2) is 37.4 Å². The van der Waals surface area contributed by atoms with Crippen LogP contribution in [0.1, 0.15) is 15.9 Å². The molecule has 0 radical (unpaired) electrons. The molecule has 7 nitrogen and oxygen atoms in total. The average molecular weight is 391 g/mol. The molecule has 1 N–H and O–H groups in total. The zero-order valence-electron chi connectivity index (χ0n) is 15.9. The average Bonchev–Trinajstić information content (AvgIpc) is 2.78. The lowest BCUT2D eigenvalue weighted by Gasteiger charge is -2.09. The number of nitrogens with one attached hydrogen (secondary N) is 1. The molecule has 1 amide bonds. The number of hydrogen-bond acceptors (Lipinski definition) is 6. The maximum absolute atomic E-state index is 11.9. The minimum Gasteiger partial charge on any atom is -0.497 e. The number of pyridine rings is 1. The number of hydrazone groups is 1. The van der Waals surface area contributed by atoms with E-state index >= 15 is 0 Å². The Balaban J connectivity index is 1.39. The van der Waals surface area contributed by atoms with Crippen molar-refractivity contribution in [2.45, 2.75) is 0 Å². The summed E-state index contributed by atoms with van der Waals surface area (Å²) in [7, 11) is 1.62. The second kappa shape index (κ2) is 10.5. The van der Waals surface area contributed by atoms with Crippen LogP contribution < -0.4 is 19.6 Å². The predicted octanol–water partition coefficient (Wildman–Crippen LogP) is 3.31. The Morgan fingerprint density at radius 1 is 0.897 bits per heavy atom. The number of carbonyl (C=O) groups excluding carboxylic acids is 1. The van der Waals surface area contributed by atoms with Crippen molar-refractivity contribution in [3.63, 3.8) is 0 Å². The zero-order valence-corrected chi connectivity index (χ0v) is 15.9. The summed E-state index contributed by atoms with van der Waals surface area (Å²) in [4.78, 5) is 15.7. The van der Waals surface area contributed by atoms with E-state index in [1.807, 2.05) is 48.5 Å². The van der Waals surface area contributed by atoms with Crippen LogP contribution in [0.25, 0.3) is 0 Å². The third-order valence-electron chi connectivity index (χ3n) is 3.88. The molecule has 3 aromatic rings. The van der Waals surface area contributed by atoms with Gasteiger partial charge in [0.1, 0.15) is 30.5 Å². The fourth-order valence-electron chi connectivity index (χ4n) is 2.37. The summed E-state index contributed by atoms with van der Waals surface area (Å²) in [6.45, 7) is 0.845. The fourth-order valence-corrected chi connectivity index (χ4v) is 2.37. The number of rotatable bonds is 9. The van der Waals surface area contributed by atoms with Crippen molar-refractivity contribution in [1.29, 1.82) is 0 Å². The highest BCUT2D eigenvalue weighted by atomic mass is 16.5. The van der Waals surface area contributed by atoms with Crippen molar-refractivity contribution in [2.24, 2.45) is 5.10 Å². The first kappa shape index (κ1) is 19.9. The van der Waals surface area contributed by atoms with E-state index in [2.05, 4.69) is 15.5 Å². The van der Waals surface area contributed by atoms with E-state index in [4.69, 9.17) is 14.2 Å². The largest absolute Gasteiger partial charge is 0.497 e. The summed E-state index contributed by atoms with van der Waals surface area (Å²) in [5.74, 6) is 1.98. The zero-order chi connectivity index (χ0) is 20.3. The van der Waals surface area contributed by atoms with Gasteiger partial charge < -0.3 is 14.2 Å². The van der Waals surface area contributed by atoms with E-state index in [-0.39, 0.29) is 5.91 Å². The lowest BCUT2D eigenvalue weighted by molar-refractivity contribution is 0.0955. The number of nitrogens with zero attached hydrogens (tertiary/aromatic N) is 2. The highest BCUT2D eigenvalue weighted by Crippen LogP contribution is 2.17. The van der Waals surface area contributed by atoms with Crippen LogP contribution in [0.3, 0.4) is 0 Å². The van der Waals surface area contributed by atoms with Crippen molar-refractivity contribution >= 4 is 12.1 Å². The van der Waals surface area contributed by atoms with E-state index in [9.17, 15) is 4.79 Å². The lowest BCUT2D eigenvalue weighted by Crippen LogP contribution is -2.17. The van der Waals surface area contributed by atoms with E-state index in [1.54, 1.807) is 37.9 Å². The normalized spacial score (nSPS) is 10.5. The summed E-state index contributed by atoms with van der Waals surface area (Å²) in [5.41, 5.74) is 3.81. The number of benzene rings is 2. The first-order valence-electron chi connectivity index (χ1n) is 8.98. The molecule has 2 aromatic carbocycles. The van der Waals surface area contributed by atoms with Gasteiger partial charge in [-0.3, -0.25) is 9.78 Å². The molecule has 0 saturated heterocycles. The molecule has 0 spiro atoms. The molecular formula is C22H21N3O4. The molecule has 1 aromatic heterocycles. The van der Waals surface area contributed by atoms with E-state index < -0.39 is 0 Å². The molecule has 7 heteroatoms. The standard InChI is InChI=1S/C22H21N3O4/c1-27-19-6-8-21(9-7-19)29-15-14-28-20-4-2-17(3-5-20)16-24-25-22(26)18-10-12-23-13-11-18/h2-13,16H,14-15H2,1H3,(H,25,26)/b24-16+. The fraction of sp³-hybridized carbons (Fsp3) is 0.136. The van der Waals surface area contributed by atoms with Gasteiger partial charge in [-0.25, -0.2) is 5.43 Å². The maximum Gasteiger partial charge on any atom is 0.271 e. The van der Waals surface area contributed by atoms with Crippen LogP contribution in [0, 0.1) is 0 Å². The number of ether oxygens (including phenoxy) is 3. The van der Waals surface area contributed by atoms with Gasteiger partial charge in [0.05, 0.1) is 13.3 Å². The molecule has 0 fully saturated rings. The monoisotopic (exact) mass is 391 g/mol. The molecule has 0 aliphatic carbocycles. The highest BCUT2D eigenvalue weighted by molar-refractivity contribution is 5.94. The summed E-state index contributed by atoms with van der Waals surface area (Å²) >= 11 is 0. The van der Waals surface area contributed by atoms with Gasteiger partial charge in [-0.15, -0.1) is 0 Å². The Bertz CT molecular complexity index is 927. The third-order valence-corrected chi connectivity index (χ3v) is 3.88. The van der Waals surface area contributed by atoms with Crippen molar-refractivity contribution in [3.8, 4) is 17.2 Å². The molecule has 0 bridgehead atoms. The Kier molecular flexibility index (Phi) is 7.17. The van der Waals surface area contributed by atoms with Gasteiger partial charge in [-0.05, 0) is 66.2 Å². The van der Waals surface area contributed by atoms with Crippen molar-refractivity contribution in [1.82, 2.24) is 10.4 Å². The van der Waals surface area contributed by atoms with Gasteiger partial charge in [0.25, 0.3) is 5.91 Å². The molecular weight excluding hydrogens is 370 g/mol. The highest BCUT2D eigenvalue weighted by Gasteiger charge is 2.02. The van der Waals surface area contributed by atoms with Gasteiger partial charge in [-0.1, -0.05) is 0 Å². The second-order valence-electron chi connectivity index (χ2n) is 5.88. The molecule has 0 atom stereocenters. The predicted molar refractivity (Wildman–Crippen MR) is 110 cm³/mol. The third kappa shape index (κ3) is 6.35. The van der Waals surface area contributed by atoms with Gasteiger partial charge in [0.15, 0.2) is 0 Å². The molecule has 0 saturated carbocycles. The number of hydrogen-bond donors (Lipinski definition) is 1. The Morgan fingerprint density at radius 2 is 1.45 bits per heavy atom. The first-order valence-corrected chi connectivity index (χ1v) is 8.98. The Morgan fingerprint density at radius 3 is 2.03 bits per heavy atom. The first-order chi connectivity index (χ1) is 14.2. The number of carbonyl (C=O) groups is 1. The Hall–Kier alpha value is -3.87.